The van der Waals surface area contributed by atoms with Crippen molar-refractivity contribution in [2.24, 2.45) is 11.8 Å². The molecule has 0 saturated carbocycles. The van der Waals surface area contributed by atoms with Gasteiger partial charge in [-0.05, 0) is 24.3 Å². The summed E-state index contributed by atoms with van der Waals surface area (Å²) in [4.78, 5) is 34.9. The Labute approximate surface area is 157 Å². The minimum atomic E-state index is -0.968. The van der Waals surface area contributed by atoms with Gasteiger partial charge in [0.2, 0.25) is 11.9 Å². The highest BCUT2D eigenvalue weighted by atomic mass is 16.2. The molecule has 3 heterocycles. The third kappa shape index (κ3) is 3.08. The Morgan fingerprint density at radius 3 is 2.56 bits per heavy atom. The molecule has 1 amide bonds. The van der Waals surface area contributed by atoms with E-state index in [0.29, 0.717) is 17.4 Å². The van der Waals surface area contributed by atoms with Crippen molar-refractivity contribution in [1.29, 1.82) is 5.26 Å². The normalized spacial score (nSPS) is 22.7. The van der Waals surface area contributed by atoms with Crippen LogP contribution in [-0.2, 0) is 4.79 Å². The molecule has 138 valence electrons. The fourth-order valence-corrected chi connectivity index (χ4v) is 3.89. The number of benzene rings is 1. The highest BCUT2D eigenvalue weighted by Crippen LogP contribution is 2.38. The second kappa shape index (κ2) is 6.88. The number of carbonyl (C=O) groups is 1. The molecule has 2 aliphatic heterocycles. The third-order valence-corrected chi connectivity index (χ3v) is 5.49. The van der Waals surface area contributed by atoms with Gasteiger partial charge in [0.05, 0.1) is 11.6 Å². The van der Waals surface area contributed by atoms with Gasteiger partial charge in [0.25, 0.3) is 5.56 Å². The van der Waals surface area contributed by atoms with Crippen LogP contribution in [0.25, 0.3) is 0 Å². The van der Waals surface area contributed by atoms with Gasteiger partial charge in [0.15, 0.2) is 0 Å². The summed E-state index contributed by atoms with van der Waals surface area (Å²) < 4.78 is 0. The predicted octanol–water partition coefficient (Wildman–Crippen LogP) is 2.23. The molecule has 2 unspecified atom stereocenters. The largest absolute Gasteiger partial charge is 0.342 e. The van der Waals surface area contributed by atoms with Gasteiger partial charge in [-0.15, -0.1) is 0 Å². The van der Waals surface area contributed by atoms with E-state index in [9.17, 15) is 14.9 Å². The van der Waals surface area contributed by atoms with Gasteiger partial charge < -0.3 is 10.2 Å². The van der Waals surface area contributed by atoms with Crippen LogP contribution in [0.1, 0.15) is 36.8 Å². The van der Waals surface area contributed by atoms with Crippen LogP contribution in [0, 0.1) is 23.2 Å². The van der Waals surface area contributed by atoms with Crippen molar-refractivity contribution in [3.63, 3.8) is 0 Å². The number of hydrogen-bond acceptors (Lipinski definition) is 5. The molecule has 7 nitrogen and oxygen atoms in total. The summed E-state index contributed by atoms with van der Waals surface area (Å²) in [5, 5.41) is 12.2. The highest BCUT2D eigenvalue weighted by molar-refractivity contribution is 5.97. The lowest BCUT2D eigenvalue weighted by molar-refractivity contribution is -0.119. The number of anilines is 2. The number of amides is 1. The minimum absolute atomic E-state index is 0.262. The van der Waals surface area contributed by atoms with Gasteiger partial charge in [0, 0.05) is 19.0 Å². The van der Waals surface area contributed by atoms with Crippen LogP contribution in [0.2, 0.25) is 0 Å². The van der Waals surface area contributed by atoms with E-state index in [4.69, 9.17) is 0 Å². The molecule has 0 radical (unpaired) electrons. The molecular weight excluding hydrogens is 342 g/mol. The zero-order chi connectivity index (χ0) is 19.0. The maximum absolute atomic E-state index is 13.0. The number of hydrogen-bond donors (Lipinski definition) is 2. The van der Waals surface area contributed by atoms with Crippen molar-refractivity contribution in [3.05, 3.63) is 51.8 Å². The predicted molar refractivity (Wildman–Crippen MR) is 101 cm³/mol. The molecule has 1 fully saturated rings. The van der Waals surface area contributed by atoms with Crippen LogP contribution in [0.3, 0.4) is 0 Å². The van der Waals surface area contributed by atoms with Crippen LogP contribution in [0.4, 0.5) is 11.8 Å². The summed E-state index contributed by atoms with van der Waals surface area (Å²) in [5.74, 6) is -0.624. The molecule has 0 bridgehead atoms. The zero-order valence-corrected chi connectivity index (χ0v) is 15.1. The Morgan fingerprint density at radius 1 is 1.19 bits per heavy atom. The molecule has 2 aromatic rings. The summed E-state index contributed by atoms with van der Waals surface area (Å²) in [6.07, 6.45) is 2.08. The van der Waals surface area contributed by atoms with Gasteiger partial charge in [-0.3, -0.25) is 14.6 Å². The van der Waals surface area contributed by atoms with Crippen molar-refractivity contribution >= 4 is 17.7 Å². The standard InChI is InChI=1S/C20H21N5O2/c1-12-7-9-25(10-8-12)20-23-17-16(19(27)24-20)15(13-5-3-2-4-6-13)14(11-21)18(26)22-17/h2-6,12,14-15H,7-10H2,1H3,(H2,22,23,24,26,27). The molecule has 4 rings (SSSR count). The quantitative estimate of drug-likeness (QED) is 0.852. The molecule has 1 aromatic heterocycles. The molecule has 2 N–H and O–H groups in total. The summed E-state index contributed by atoms with van der Waals surface area (Å²) >= 11 is 0. The van der Waals surface area contributed by atoms with Crippen molar-refractivity contribution < 1.29 is 4.79 Å². The fourth-order valence-electron chi connectivity index (χ4n) is 3.89. The van der Waals surface area contributed by atoms with Crippen molar-refractivity contribution in [2.45, 2.75) is 25.7 Å². The second-order valence-corrected chi connectivity index (χ2v) is 7.31. The number of carbonyl (C=O) groups excluding carboxylic acids is 1. The fraction of sp³-hybridized carbons (Fsp3) is 0.400. The molecule has 27 heavy (non-hydrogen) atoms. The lowest BCUT2D eigenvalue weighted by atomic mass is 9.79. The minimum Gasteiger partial charge on any atom is -0.342 e. The lowest BCUT2D eigenvalue weighted by Gasteiger charge is -2.32. The van der Waals surface area contributed by atoms with Crippen LogP contribution in [-0.4, -0.2) is 29.0 Å². The first kappa shape index (κ1) is 17.3. The Bertz CT molecular complexity index is 955. The smallest absolute Gasteiger partial charge is 0.258 e. The van der Waals surface area contributed by atoms with Crippen molar-refractivity contribution in [1.82, 2.24) is 9.97 Å². The Hall–Kier alpha value is -3.14. The van der Waals surface area contributed by atoms with Gasteiger partial charge in [-0.1, -0.05) is 37.3 Å². The first-order valence-electron chi connectivity index (χ1n) is 9.23. The summed E-state index contributed by atoms with van der Waals surface area (Å²) in [6, 6.07) is 11.2. The van der Waals surface area contributed by atoms with Crippen LogP contribution in [0.5, 0.6) is 0 Å². The first-order valence-corrected chi connectivity index (χ1v) is 9.23. The lowest BCUT2D eigenvalue weighted by Crippen LogP contribution is -2.40. The Balaban J connectivity index is 1.80. The summed E-state index contributed by atoms with van der Waals surface area (Å²) in [5.41, 5.74) is 0.802. The van der Waals surface area contributed by atoms with Crippen LogP contribution >= 0.6 is 0 Å². The van der Waals surface area contributed by atoms with Gasteiger partial charge in [-0.25, -0.2) is 0 Å². The number of piperidine rings is 1. The molecule has 1 aromatic carbocycles. The average Bonchev–Trinajstić information content (AvgIpc) is 2.68. The number of nitriles is 1. The maximum atomic E-state index is 13.0. The summed E-state index contributed by atoms with van der Waals surface area (Å²) in [7, 11) is 0. The molecule has 0 spiro atoms. The maximum Gasteiger partial charge on any atom is 0.258 e. The highest BCUT2D eigenvalue weighted by Gasteiger charge is 2.40. The molecular formula is C20H21N5O2. The number of aromatic nitrogens is 2. The molecule has 2 aliphatic rings. The number of nitrogens with zero attached hydrogens (tertiary/aromatic N) is 3. The van der Waals surface area contributed by atoms with E-state index in [1.54, 1.807) is 0 Å². The van der Waals surface area contributed by atoms with Gasteiger partial charge in [-0.2, -0.15) is 10.2 Å². The van der Waals surface area contributed by atoms with E-state index in [-0.39, 0.29) is 11.4 Å². The molecule has 2 atom stereocenters. The number of aromatic amines is 1. The molecule has 1 saturated heterocycles. The van der Waals surface area contributed by atoms with Crippen LogP contribution in [0.15, 0.2) is 35.1 Å². The SMILES string of the molecule is CC1CCN(c2nc3c(c(=O)[nH]2)C(c2ccccc2)C(C#N)C(=O)N3)CC1. The molecule has 0 aliphatic carbocycles. The van der Waals surface area contributed by atoms with Gasteiger partial charge >= 0.3 is 0 Å². The number of rotatable bonds is 2. The van der Waals surface area contributed by atoms with Crippen molar-refractivity contribution in [3.8, 4) is 6.07 Å². The Kier molecular flexibility index (Phi) is 4.40. The number of nitrogens with one attached hydrogen (secondary N) is 2. The van der Waals surface area contributed by atoms with Gasteiger partial charge in [0.1, 0.15) is 11.7 Å². The molecule has 7 heteroatoms. The van der Waals surface area contributed by atoms with Crippen molar-refractivity contribution in [2.75, 3.05) is 23.3 Å². The number of fused-ring (bicyclic) bond motifs is 1. The average molecular weight is 363 g/mol. The van der Waals surface area contributed by atoms with E-state index in [1.807, 2.05) is 35.2 Å². The van der Waals surface area contributed by atoms with E-state index < -0.39 is 17.7 Å². The zero-order valence-electron chi connectivity index (χ0n) is 15.1. The third-order valence-electron chi connectivity index (χ3n) is 5.49. The van der Waals surface area contributed by atoms with E-state index >= 15 is 0 Å². The van der Waals surface area contributed by atoms with E-state index in [1.165, 1.54) is 0 Å². The summed E-state index contributed by atoms with van der Waals surface area (Å²) in [6.45, 7) is 3.85. The van der Waals surface area contributed by atoms with Crippen LogP contribution < -0.4 is 15.8 Å². The second-order valence-electron chi connectivity index (χ2n) is 7.31. The number of H-pyrrole nitrogens is 1. The van der Waals surface area contributed by atoms with E-state index in [0.717, 1.165) is 31.5 Å². The van der Waals surface area contributed by atoms with E-state index in [2.05, 4.69) is 28.3 Å². The topological polar surface area (TPSA) is 102 Å². The Morgan fingerprint density at radius 2 is 1.89 bits per heavy atom. The monoisotopic (exact) mass is 363 g/mol. The first-order chi connectivity index (χ1) is 13.1.